The number of fused-ring (bicyclic) bond motifs is 1. The van der Waals surface area contributed by atoms with Crippen LogP contribution in [0, 0.1) is 0 Å². The first kappa shape index (κ1) is 24.3. The summed E-state index contributed by atoms with van der Waals surface area (Å²) in [5.41, 5.74) is 2.08. The molecule has 0 bridgehead atoms. The van der Waals surface area contributed by atoms with Gasteiger partial charge in [-0.25, -0.2) is 0 Å². The molecule has 0 radical (unpaired) electrons. The third-order valence-electron chi connectivity index (χ3n) is 6.16. The molecule has 7 heteroatoms. The molecule has 1 amide bonds. The molecule has 0 saturated carbocycles. The first-order valence-electron chi connectivity index (χ1n) is 11.6. The fourth-order valence-corrected chi connectivity index (χ4v) is 4.31. The van der Waals surface area contributed by atoms with E-state index in [0.717, 1.165) is 16.9 Å². The molecule has 3 aromatic rings. The summed E-state index contributed by atoms with van der Waals surface area (Å²) in [6.07, 6.45) is 0.0426. The van der Waals surface area contributed by atoms with Crippen LogP contribution in [0.5, 0.6) is 28.7 Å². The van der Waals surface area contributed by atoms with E-state index in [1.807, 2.05) is 71.6 Å². The van der Waals surface area contributed by atoms with Crippen molar-refractivity contribution in [3.8, 4) is 28.7 Å². The van der Waals surface area contributed by atoms with Gasteiger partial charge in [-0.05, 0) is 73.0 Å². The Kier molecular flexibility index (Phi) is 7.65. The molecule has 2 atom stereocenters. The van der Waals surface area contributed by atoms with Gasteiger partial charge in [-0.15, -0.1) is 0 Å². The molecule has 0 unspecified atom stereocenters. The maximum atomic E-state index is 13.6. The molecular formula is C28H31NO6. The second-order valence-electron chi connectivity index (χ2n) is 8.26. The summed E-state index contributed by atoms with van der Waals surface area (Å²) in [6.45, 7) is 2.60. The van der Waals surface area contributed by atoms with Crippen molar-refractivity contribution in [2.75, 3.05) is 34.5 Å². The van der Waals surface area contributed by atoms with E-state index in [-0.39, 0.29) is 18.6 Å². The highest BCUT2D eigenvalue weighted by molar-refractivity contribution is 5.82. The lowest BCUT2D eigenvalue weighted by Crippen LogP contribution is -2.47. The number of hydrogen-bond acceptors (Lipinski definition) is 6. The molecule has 35 heavy (non-hydrogen) atoms. The number of carbonyl (C=O) groups is 1. The van der Waals surface area contributed by atoms with Gasteiger partial charge in [-0.2, -0.15) is 0 Å². The Morgan fingerprint density at radius 3 is 2.20 bits per heavy atom. The Hall–Kier alpha value is -3.87. The van der Waals surface area contributed by atoms with E-state index in [0.29, 0.717) is 36.0 Å². The molecule has 7 nitrogen and oxygen atoms in total. The van der Waals surface area contributed by atoms with Crippen molar-refractivity contribution in [3.05, 3.63) is 77.9 Å². The number of amides is 1. The summed E-state index contributed by atoms with van der Waals surface area (Å²) in [4.78, 5) is 15.4. The number of ether oxygens (including phenoxy) is 5. The predicted octanol–water partition coefficient (Wildman–Crippen LogP) is 4.68. The van der Waals surface area contributed by atoms with Crippen molar-refractivity contribution >= 4 is 5.91 Å². The van der Waals surface area contributed by atoms with Crippen LogP contribution >= 0.6 is 0 Å². The summed E-state index contributed by atoms with van der Waals surface area (Å²) in [6, 6.07) is 20.4. The average molecular weight is 478 g/mol. The lowest BCUT2D eigenvalue weighted by molar-refractivity contribution is -0.141. The summed E-state index contributed by atoms with van der Waals surface area (Å²) in [7, 11) is 4.85. The van der Waals surface area contributed by atoms with Gasteiger partial charge in [0.2, 0.25) is 0 Å². The molecule has 3 aromatic carbocycles. The number of hydrogen-bond donors (Lipinski definition) is 0. The topological polar surface area (TPSA) is 66.5 Å². The standard InChI is InChI=1S/C28H31NO6/c1-19(35-23-8-6-5-7-9-23)28(30)29-15-14-20-16-26(32-3)27(33-4)17-24(20)25(29)18-34-22-12-10-21(31-2)11-13-22/h5-13,16-17,19,25H,14-15,18H2,1-4H3/t19-,25-/m0/s1. The quantitative estimate of drug-likeness (QED) is 0.446. The molecule has 0 spiro atoms. The summed E-state index contributed by atoms with van der Waals surface area (Å²) in [5, 5.41) is 0. The molecule has 1 aliphatic heterocycles. The van der Waals surface area contributed by atoms with Crippen LogP contribution in [0.3, 0.4) is 0 Å². The van der Waals surface area contributed by atoms with E-state index in [1.54, 1.807) is 28.3 Å². The van der Waals surface area contributed by atoms with Crippen LogP contribution in [0.15, 0.2) is 66.7 Å². The second kappa shape index (κ2) is 11.0. The van der Waals surface area contributed by atoms with E-state index >= 15 is 0 Å². The van der Waals surface area contributed by atoms with Gasteiger partial charge < -0.3 is 28.6 Å². The van der Waals surface area contributed by atoms with Crippen molar-refractivity contribution in [1.82, 2.24) is 4.90 Å². The molecule has 4 rings (SSSR count). The van der Waals surface area contributed by atoms with Gasteiger partial charge in [0.05, 0.1) is 27.4 Å². The number of rotatable bonds is 9. The van der Waals surface area contributed by atoms with Crippen LogP contribution in [0.1, 0.15) is 24.1 Å². The van der Waals surface area contributed by atoms with E-state index in [9.17, 15) is 4.79 Å². The van der Waals surface area contributed by atoms with Crippen LogP contribution in [0.2, 0.25) is 0 Å². The Morgan fingerprint density at radius 1 is 0.886 bits per heavy atom. The highest BCUT2D eigenvalue weighted by Gasteiger charge is 2.35. The molecule has 1 heterocycles. The fraction of sp³-hybridized carbons (Fsp3) is 0.321. The highest BCUT2D eigenvalue weighted by Crippen LogP contribution is 2.39. The van der Waals surface area contributed by atoms with Crippen LogP contribution < -0.4 is 23.7 Å². The van der Waals surface area contributed by atoms with Crippen LogP contribution in [0.25, 0.3) is 0 Å². The Labute approximate surface area is 206 Å². The zero-order valence-electron chi connectivity index (χ0n) is 20.5. The van der Waals surface area contributed by atoms with Gasteiger partial charge in [-0.1, -0.05) is 18.2 Å². The van der Waals surface area contributed by atoms with Crippen molar-refractivity contribution in [3.63, 3.8) is 0 Å². The summed E-state index contributed by atoms with van der Waals surface area (Å²) < 4.78 is 28.4. The monoisotopic (exact) mass is 477 g/mol. The van der Waals surface area contributed by atoms with E-state index in [2.05, 4.69) is 0 Å². The first-order valence-corrected chi connectivity index (χ1v) is 11.6. The minimum absolute atomic E-state index is 0.0994. The average Bonchev–Trinajstić information content (AvgIpc) is 2.91. The number of benzene rings is 3. The Morgan fingerprint density at radius 2 is 1.54 bits per heavy atom. The summed E-state index contributed by atoms with van der Waals surface area (Å²) in [5.74, 6) is 3.28. The van der Waals surface area contributed by atoms with E-state index < -0.39 is 6.10 Å². The lowest BCUT2D eigenvalue weighted by Gasteiger charge is -2.38. The third kappa shape index (κ3) is 5.45. The van der Waals surface area contributed by atoms with Crippen molar-refractivity contribution in [2.45, 2.75) is 25.5 Å². The lowest BCUT2D eigenvalue weighted by atomic mass is 9.91. The number of methoxy groups -OCH3 is 3. The second-order valence-corrected chi connectivity index (χ2v) is 8.26. The zero-order chi connectivity index (χ0) is 24.8. The van der Waals surface area contributed by atoms with Crippen molar-refractivity contribution < 1.29 is 28.5 Å². The zero-order valence-corrected chi connectivity index (χ0v) is 20.5. The molecular weight excluding hydrogens is 446 g/mol. The maximum absolute atomic E-state index is 13.6. The SMILES string of the molecule is COc1ccc(OC[C@H]2c3cc(OC)c(OC)cc3CCN2C(=O)[C@H](C)Oc2ccccc2)cc1. The van der Waals surface area contributed by atoms with Crippen molar-refractivity contribution in [2.24, 2.45) is 0 Å². The van der Waals surface area contributed by atoms with Crippen LogP contribution in [-0.2, 0) is 11.2 Å². The smallest absolute Gasteiger partial charge is 0.263 e. The van der Waals surface area contributed by atoms with Gasteiger partial charge in [0, 0.05) is 6.54 Å². The van der Waals surface area contributed by atoms with E-state index in [1.165, 1.54) is 0 Å². The number of nitrogens with zero attached hydrogens (tertiary/aromatic N) is 1. The molecule has 0 saturated heterocycles. The number of carbonyl (C=O) groups excluding carboxylic acids is 1. The normalized spacial score (nSPS) is 15.5. The predicted molar refractivity (Wildman–Crippen MR) is 133 cm³/mol. The fourth-order valence-electron chi connectivity index (χ4n) is 4.31. The molecule has 0 fully saturated rings. The summed E-state index contributed by atoms with van der Waals surface area (Å²) >= 11 is 0. The van der Waals surface area contributed by atoms with Crippen LogP contribution in [0.4, 0.5) is 0 Å². The Bertz CT molecular complexity index is 1130. The van der Waals surface area contributed by atoms with Gasteiger partial charge in [-0.3, -0.25) is 4.79 Å². The molecule has 0 N–H and O–H groups in total. The molecule has 1 aliphatic rings. The minimum Gasteiger partial charge on any atom is -0.497 e. The number of para-hydroxylation sites is 1. The highest BCUT2D eigenvalue weighted by atomic mass is 16.5. The van der Waals surface area contributed by atoms with Crippen LogP contribution in [-0.4, -0.2) is 51.4 Å². The molecule has 0 aromatic heterocycles. The van der Waals surface area contributed by atoms with Gasteiger partial charge in [0.15, 0.2) is 17.6 Å². The van der Waals surface area contributed by atoms with Gasteiger partial charge in [0.25, 0.3) is 5.91 Å². The Balaban J connectivity index is 1.62. The third-order valence-corrected chi connectivity index (χ3v) is 6.16. The molecule has 0 aliphatic carbocycles. The van der Waals surface area contributed by atoms with Gasteiger partial charge >= 0.3 is 0 Å². The first-order chi connectivity index (χ1) is 17.0. The van der Waals surface area contributed by atoms with Crippen molar-refractivity contribution in [1.29, 1.82) is 0 Å². The van der Waals surface area contributed by atoms with Gasteiger partial charge in [0.1, 0.15) is 23.9 Å². The minimum atomic E-state index is -0.650. The van der Waals surface area contributed by atoms with E-state index in [4.69, 9.17) is 23.7 Å². The molecule has 184 valence electrons. The largest absolute Gasteiger partial charge is 0.497 e. The maximum Gasteiger partial charge on any atom is 0.263 e.